The molecule has 0 unspecified atom stereocenters. The van der Waals surface area contributed by atoms with E-state index >= 15 is 0 Å². The highest BCUT2D eigenvalue weighted by atomic mass is 35.7. The van der Waals surface area contributed by atoms with Crippen LogP contribution in [0.3, 0.4) is 0 Å². The molecule has 0 aliphatic carbocycles. The normalized spacial score (nSPS) is 14.8. The molecule has 92 valence electrons. The van der Waals surface area contributed by atoms with Crippen molar-refractivity contribution in [3.63, 3.8) is 0 Å². The van der Waals surface area contributed by atoms with Crippen LogP contribution in [0, 0.1) is 0 Å². The molecule has 6 heteroatoms. The van der Waals surface area contributed by atoms with Crippen molar-refractivity contribution in [2.45, 2.75) is 19.1 Å². The summed E-state index contributed by atoms with van der Waals surface area (Å²) >= 11 is 0. The van der Waals surface area contributed by atoms with E-state index in [2.05, 4.69) is 0 Å². The molecule has 0 atom stereocenters. The van der Waals surface area contributed by atoms with Gasteiger partial charge < -0.3 is 4.90 Å². The molecule has 1 aromatic rings. The lowest BCUT2D eigenvalue weighted by molar-refractivity contribution is -0.116. The van der Waals surface area contributed by atoms with Gasteiger partial charge in [-0.25, -0.2) is 8.42 Å². The Morgan fingerprint density at radius 2 is 2.18 bits per heavy atom. The summed E-state index contributed by atoms with van der Waals surface area (Å²) in [7, 11) is 1.69. The van der Waals surface area contributed by atoms with Crippen LogP contribution in [0.15, 0.2) is 18.2 Å². The summed E-state index contributed by atoms with van der Waals surface area (Å²) in [5.74, 6) is -0.224. The number of anilines is 1. The maximum atomic E-state index is 11.4. The van der Waals surface area contributed by atoms with Crippen LogP contribution in [-0.4, -0.2) is 20.9 Å². The Balaban J connectivity index is 2.43. The largest absolute Gasteiger partial charge is 0.312 e. The zero-order valence-electron chi connectivity index (χ0n) is 9.31. The highest BCUT2D eigenvalue weighted by Gasteiger charge is 2.25. The zero-order chi connectivity index (χ0) is 12.6. The first-order chi connectivity index (χ1) is 7.88. The van der Waals surface area contributed by atoms with Crippen molar-refractivity contribution in [3.05, 3.63) is 29.3 Å². The van der Waals surface area contributed by atoms with Crippen LogP contribution < -0.4 is 4.90 Å². The molecule has 1 aliphatic rings. The van der Waals surface area contributed by atoms with Crippen LogP contribution in [-0.2, 0) is 26.0 Å². The van der Waals surface area contributed by atoms with Gasteiger partial charge in [0.25, 0.3) is 0 Å². The van der Waals surface area contributed by atoms with Crippen molar-refractivity contribution in [1.29, 1.82) is 0 Å². The molecule has 2 rings (SSSR count). The fourth-order valence-electron chi connectivity index (χ4n) is 2.15. The second-order valence-electron chi connectivity index (χ2n) is 4.02. The van der Waals surface area contributed by atoms with Crippen LogP contribution in [0.4, 0.5) is 5.69 Å². The van der Waals surface area contributed by atoms with Gasteiger partial charge in [-0.2, -0.15) is 0 Å². The number of halogens is 1. The van der Waals surface area contributed by atoms with Crippen LogP contribution >= 0.6 is 10.7 Å². The van der Waals surface area contributed by atoms with E-state index in [4.69, 9.17) is 10.7 Å². The first kappa shape index (κ1) is 12.4. The number of hydrogen-bond donors (Lipinski definition) is 0. The van der Waals surface area contributed by atoms with Gasteiger partial charge in [0.2, 0.25) is 15.0 Å². The Hall–Kier alpha value is -1.07. The van der Waals surface area contributed by atoms with E-state index in [1.165, 1.54) is 6.92 Å². The lowest BCUT2D eigenvalue weighted by atomic mass is 10.1. The van der Waals surface area contributed by atoms with Gasteiger partial charge in [0.1, 0.15) is 0 Å². The van der Waals surface area contributed by atoms with Gasteiger partial charge in [-0.15, -0.1) is 0 Å². The topological polar surface area (TPSA) is 54.5 Å². The third-order valence-electron chi connectivity index (χ3n) is 2.83. The molecule has 0 saturated heterocycles. The second-order valence-corrected chi connectivity index (χ2v) is 6.80. The molecule has 1 amide bonds. The molecule has 1 aliphatic heterocycles. The summed E-state index contributed by atoms with van der Waals surface area (Å²) < 4.78 is 22.2. The molecule has 0 bridgehead atoms. The smallest absolute Gasteiger partial charge is 0.236 e. The van der Waals surface area contributed by atoms with Crippen molar-refractivity contribution >= 4 is 31.3 Å². The molecule has 0 saturated carbocycles. The molecule has 0 N–H and O–H groups in total. The van der Waals surface area contributed by atoms with Crippen molar-refractivity contribution < 1.29 is 13.2 Å². The number of carbonyl (C=O) groups is 1. The molecular formula is C11H12ClNO3S. The number of hydrogen-bond acceptors (Lipinski definition) is 3. The van der Waals surface area contributed by atoms with Gasteiger partial charge >= 0.3 is 0 Å². The molecule has 1 aromatic carbocycles. The third-order valence-corrected chi connectivity index (χ3v) is 3.82. The van der Waals surface area contributed by atoms with Gasteiger partial charge in [-0.3, -0.25) is 4.79 Å². The summed E-state index contributed by atoms with van der Waals surface area (Å²) in [6.07, 6.45) is 0.678. The van der Waals surface area contributed by atoms with E-state index in [1.54, 1.807) is 17.0 Å². The lowest BCUT2D eigenvalue weighted by Gasteiger charge is -2.15. The average molecular weight is 274 g/mol. The summed E-state index contributed by atoms with van der Waals surface area (Å²) in [6.45, 7) is 2.10. The van der Waals surface area contributed by atoms with Crippen molar-refractivity contribution in [2.24, 2.45) is 0 Å². The third kappa shape index (κ3) is 2.61. The standard InChI is InChI=1S/C11H12ClNO3S/c1-8(14)13-6-5-10-9(7-17(12,15)16)3-2-4-11(10)13/h2-4H,5-7H2,1H3. The van der Waals surface area contributed by atoms with E-state index < -0.39 is 9.05 Å². The second kappa shape index (κ2) is 4.31. The van der Waals surface area contributed by atoms with Crippen molar-refractivity contribution in [3.8, 4) is 0 Å². The quantitative estimate of drug-likeness (QED) is 0.770. The van der Waals surface area contributed by atoms with E-state index in [0.29, 0.717) is 18.5 Å². The highest BCUT2D eigenvalue weighted by Crippen LogP contribution is 2.31. The zero-order valence-corrected chi connectivity index (χ0v) is 10.9. The Kier molecular flexibility index (Phi) is 3.14. The first-order valence-electron chi connectivity index (χ1n) is 5.20. The molecule has 0 radical (unpaired) electrons. The number of nitrogens with zero attached hydrogens (tertiary/aromatic N) is 1. The Labute approximate surface area is 105 Å². The molecule has 17 heavy (non-hydrogen) atoms. The van der Waals surface area contributed by atoms with Crippen LogP contribution in [0.5, 0.6) is 0 Å². The number of amides is 1. The van der Waals surface area contributed by atoms with Gasteiger partial charge in [-0.1, -0.05) is 12.1 Å². The Morgan fingerprint density at radius 3 is 2.76 bits per heavy atom. The maximum absolute atomic E-state index is 11.4. The summed E-state index contributed by atoms with van der Waals surface area (Å²) in [6, 6.07) is 5.31. The summed E-state index contributed by atoms with van der Waals surface area (Å²) in [5.41, 5.74) is 2.39. The summed E-state index contributed by atoms with van der Waals surface area (Å²) in [5, 5.41) is 0. The maximum Gasteiger partial charge on any atom is 0.236 e. The Morgan fingerprint density at radius 1 is 1.47 bits per heavy atom. The monoisotopic (exact) mass is 273 g/mol. The first-order valence-corrected chi connectivity index (χ1v) is 7.67. The van der Waals surface area contributed by atoms with E-state index in [-0.39, 0.29) is 11.7 Å². The van der Waals surface area contributed by atoms with Crippen LogP contribution in [0.1, 0.15) is 18.1 Å². The number of carbonyl (C=O) groups excluding carboxylic acids is 1. The fraction of sp³-hybridized carbons (Fsp3) is 0.364. The average Bonchev–Trinajstić information content (AvgIpc) is 2.59. The van der Waals surface area contributed by atoms with Crippen molar-refractivity contribution in [1.82, 2.24) is 0 Å². The SMILES string of the molecule is CC(=O)N1CCc2c(CS(=O)(=O)Cl)cccc21. The molecule has 0 spiro atoms. The highest BCUT2D eigenvalue weighted by molar-refractivity contribution is 8.13. The van der Waals surface area contributed by atoms with Gasteiger partial charge in [0.15, 0.2) is 0 Å². The summed E-state index contributed by atoms with van der Waals surface area (Å²) in [4.78, 5) is 13.0. The lowest BCUT2D eigenvalue weighted by Crippen LogP contribution is -2.25. The van der Waals surface area contributed by atoms with Gasteiger partial charge in [0.05, 0.1) is 5.75 Å². The molecule has 4 nitrogen and oxygen atoms in total. The number of fused-ring (bicyclic) bond motifs is 1. The Bertz CT molecular complexity index is 568. The van der Waals surface area contributed by atoms with E-state index in [9.17, 15) is 13.2 Å². The van der Waals surface area contributed by atoms with E-state index in [0.717, 1.165) is 11.3 Å². The molecule has 0 fully saturated rings. The number of rotatable bonds is 2. The van der Waals surface area contributed by atoms with Crippen LogP contribution in [0.2, 0.25) is 0 Å². The minimum atomic E-state index is -3.57. The molecule has 0 aromatic heterocycles. The van der Waals surface area contributed by atoms with Gasteiger partial charge in [0, 0.05) is 29.8 Å². The number of benzene rings is 1. The minimum Gasteiger partial charge on any atom is -0.312 e. The molecule has 1 heterocycles. The fourth-order valence-corrected chi connectivity index (χ4v) is 3.15. The predicted molar refractivity (Wildman–Crippen MR) is 66.6 cm³/mol. The van der Waals surface area contributed by atoms with Crippen LogP contribution in [0.25, 0.3) is 0 Å². The molecular weight excluding hydrogens is 262 g/mol. The van der Waals surface area contributed by atoms with Gasteiger partial charge in [-0.05, 0) is 23.6 Å². The van der Waals surface area contributed by atoms with Crippen molar-refractivity contribution in [2.75, 3.05) is 11.4 Å². The van der Waals surface area contributed by atoms with E-state index in [1.807, 2.05) is 6.07 Å². The predicted octanol–water partition coefficient (Wildman–Crippen LogP) is 1.66. The minimum absolute atomic E-state index is 0.0327.